The molecule has 9 heteroatoms. The number of carboxylic acid groups (broad SMARTS) is 1. The fourth-order valence-corrected chi connectivity index (χ4v) is 1.70. The highest BCUT2D eigenvalue weighted by Gasteiger charge is 2.17. The molecule has 0 spiro atoms. The van der Waals surface area contributed by atoms with E-state index in [1.54, 1.807) is 0 Å². The maximum atomic E-state index is 11.0. The number of nitrogens with zero attached hydrogens (tertiary/aromatic N) is 2. The maximum Gasteiger partial charge on any atom is 0.360 e. The Morgan fingerprint density at radius 1 is 1.63 bits per heavy atom. The summed E-state index contributed by atoms with van der Waals surface area (Å²) in [6.07, 6.45) is 0.457. The summed E-state index contributed by atoms with van der Waals surface area (Å²) in [5.74, 6) is -1.26. The van der Waals surface area contributed by atoms with E-state index in [1.807, 2.05) is 6.92 Å². The Hall–Kier alpha value is -2.00. The number of aliphatic carboxylic acids is 1. The van der Waals surface area contributed by atoms with Crippen molar-refractivity contribution in [1.29, 1.82) is 0 Å². The zero-order valence-corrected chi connectivity index (χ0v) is 11.0. The van der Waals surface area contributed by atoms with E-state index >= 15 is 0 Å². The van der Waals surface area contributed by atoms with Crippen molar-refractivity contribution >= 4 is 34.6 Å². The molecule has 0 saturated carbocycles. The van der Waals surface area contributed by atoms with E-state index in [1.165, 1.54) is 5.38 Å². The first kappa shape index (κ1) is 15.1. The molecule has 0 fully saturated rings. The van der Waals surface area contributed by atoms with E-state index in [9.17, 15) is 9.59 Å². The third-order valence-corrected chi connectivity index (χ3v) is 2.58. The molecule has 1 rings (SSSR count). The first-order valence-corrected chi connectivity index (χ1v) is 6.24. The largest absolute Gasteiger partial charge is 0.476 e. The molecule has 0 radical (unpaired) electrons. The zero-order chi connectivity index (χ0) is 14.1. The van der Waals surface area contributed by atoms with Crippen LogP contribution < -0.4 is 5.32 Å². The van der Waals surface area contributed by atoms with Crippen LogP contribution in [-0.2, 0) is 19.2 Å². The number of anilines is 1. The number of oxime groups is 1. The maximum absolute atomic E-state index is 11.0. The number of carboxylic acids is 1. The normalized spacial score (nSPS) is 11.1. The molecule has 0 aliphatic rings. The first-order chi connectivity index (χ1) is 9.19. The summed E-state index contributed by atoms with van der Waals surface area (Å²) in [6.45, 7) is 2.85. The number of amides is 1. The molecule has 1 amide bonds. The van der Waals surface area contributed by atoms with Crippen molar-refractivity contribution < 1.29 is 24.3 Å². The molecule has 19 heavy (non-hydrogen) atoms. The number of thiazole rings is 1. The van der Waals surface area contributed by atoms with Gasteiger partial charge in [0.25, 0.3) is 0 Å². The molecule has 8 nitrogen and oxygen atoms in total. The molecule has 2 N–H and O–H groups in total. The van der Waals surface area contributed by atoms with Gasteiger partial charge in [0.2, 0.25) is 12.1 Å². The average molecular weight is 287 g/mol. The van der Waals surface area contributed by atoms with Crippen LogP contribution in [0.25, 0.3) is 0 Å². The Kier molecular flexibility index (Phi) is 6.47. The van der Waals surface area contributed by atoms with Crippen LogP contribution in [0.15, 0.2) is 10.5 Å². The molecule has 1 heterocycles. The van der Waals surface area contributed by atoms with Crippen molar-refractivity contribution in [3.8, 4) is 0 Å². The third kappa shape index (κ3) is 5.02. The van der Waals surface area contributed by atoms with Crippen molar-refractivity contribution in [2.75, 3.05) is 25.1 Å². The molecule has 0 aromatic carbocycles. The molecule has 1 aromatic heterocycles. The number of rotatable bonds is 9. The molecule has 0 unspecified atom stereocenters. The third-order valence-electron chi connectivity index (χ3n) is 1.81. The molecule has 0 atom stereocenters. The fourth-order valence-electron chi connectivity index (χ4n) is 1.05. The van der Waals surface area contributed by atoms with E-state index < -0.39 is 5.97 Å². The van der Waals surface area contributed by atoms with Gasteiger partial charge in [-0.1, -0.05) is 5.16 Å². The van der Waals surface area contributed by atoms with Gasteiger partial charge in [-0.15, -0.1) is 11.3 Å². The molecule has 1 aromatic rings. The molecular weight excluding hydrogens is 274 g/mol. The highest BCUT2D eigenvalue weighted by atomic mass is 32.1. The summed E-state index contributed by atoms with van der Waals surface area (Å²) in [7, 11) is 0. The number of carbonyl (C=O) groups is 2. The second kappa shape index (κ2) is 8.16. The number of ether oxygens (including phenoxy) is 1. The van der Waals surface area contributed by atoms with Gasteiger partial charge in [-0.05, 0) is 6.92 Å². The summed E-state index contributed by atoms with van der Waals surface area (Å²) < 4.78 is 5.01. The van der Waals surface area contributed by atoms with Gasteiger partial charge in [0.15, 0.2) is 5.13 Å². The van der Waals surface area contributed by atoms with E-state index in [2.05, 4.69) is 15.5 Å². The van der Waals surface area contributed by atoms with Gasteiger partial charge < -0.3 is 20.0 Å². The van der Waals surface area contributed by atoms with E-state index in [-0.39, 0.29) is 23.1 Å². The highest BCUT2D eigenvalue weighted by molar-refractivity contribution is 7.14. The molecule has 104 valence electrons. The van der Waals surface area contributed by atoms with Crippen LogP contribution in [0, 0.1) is 0 Å². The lowest BCUT2D eigenvalue weighted by atomic mass is 10.3. The van der Waals surface area contributed by atoms with Crippen LogP contribution in [0.2, 0.25) is 0 Å². The Labute approximate surface area is 113 Å². The lowest BCUT2D eigenvalue weighted by molar-refractivity contribution is -0.129. The van der Waals surface area contributed by atoms with Gasteiger partial charge in [-0.2, -0.15) is 0 Å². The Morgan fingerprint density at radius 2 is 2.42 bits per heavy atom. The number of hydrogen-bond donors (Lipinski definition) is 2. The average Bonchev–Trinajstić information content (AvgIpc) is 2.82. The molecule has 0 saturated heterocycles. The monoisotopic (exact) mass is 287 g/mol. The summed E-state index contributed by atoms with van der Waals surface area (Å²) in [6, 6.07) is 0. The standard InChI is InChI=1S/C10H13N3O5S/c1-2-17-3-4-18-13-8(9(15)16)7-5-19-10(12-7)11-6-14/h5-6H,2-4H2,1H3,(H,15,16)(H,11,12,14)/b13-8+. The van der Waals surface area contributed by atoms with Gasteiger partial charge in [0.1, 0.15) is 12.3 Å². The smallest absolute Gasteiger partial charge is 0.360 e. The minimum atomic E-state index is -1.26. The summed E-state index contributed by atoms with van der Waals surface area (Å²) in [5, 5.41) is 16.6. The van der Waals surface area contributed by atoms with Gasteiger partial charge in [-0.25, -0.2) is 9.78 Å². The Morgan fingerprint density at radius 3 is 3.05 bits per heavy atom. The zero-order valence-electron chi connectivity index (χ0n) is 10.2. The lowest BCUT2D eigenvalue weighted by Crippen LogP contribution is -2.16. The topological polar surface area (TPSA) is 110 Å². The van der Waals surface area contributed by atoms with Gasteiger partial charge in [0, 0.05) is 12.0 Å². The van der Waals surface area contributed by atoms with Crippen LogP contribution in [0.3, 0.4) is 0 Å². The number of aromatic nitrogens is 1. The fraction of sp³-hybridized carbons (Fsp3) is 0.400. The number of hydrogen-bond acceptors (Lipinski definition) is 7. The van der Waals surface area contributed by atoms with Crippen LogP contribution >= 0.6 is 11.3 Å². The quantitative estimate of drug-likeness (QED) is 0.297. The van der Waals surface area contributed by atoms with Gasteiger partial charge >= 0.3 is 5.97 Å². The summed E-state index contributed by atoms with van der Waals surface area (Å²) in [4.78, 5) is 30.0. The van der Waals surface area contributed by atoms with Crippen LogP contribution in [-0.4, -0.2) is 48.0 Å². The summed E-state index contributed by atoms with van der Waals surface area (Å²) in [5.41, 5.74) is -0.204. The van der Waals surface area contributed by atoms with Crippen molar-refractivity contribution in [2.45, 2.75) is 6.92 Å². The van der Waals surface area contributed by atoms with Crippen LogP contribution in [0.4, 0.5) is 5.13 Å². The highest BCUT2D eigenvalue weighted by Crippen LogP contribution is 2.15. The van der Waals surface area contributed by atoms with E-state index in [4.69, 9.17) is 14.7 Å². The second-order valence-corrected chi connectivity index (χ2v) is 3.93. The van der Waals surface area contributed by atoms with Gasteiger partial charge in [-0.3, -0.25) is 4.79 Å². The minimum absolute atomic E-state index is 0.123. The predicted octanol–water partition coefficient (Wildman–Crippen LogP) is 0.553. The molecular formula is C10H13N3O5S. The molecule has 0 aliphatic heterocycles. The van der Waals surface area contributed by atoms with Crippen LogP contribution in [0.5, 0.6) is 0 Å². The van der Waals surface area contributed by atoms with Crippen molar-refractivity contribution in [2.24, 2.45) is 5.16 Å². The molecule has 0 bridgehead atoms. The van der Waals surface area contributed by atoms with E-state index in [0.29, 0.717) is 19.6 Å². The van der Waals surface area contributed by atoms with Crippen LogP contribution in [0.1, 0.15) is 12.6 Å². The minimum Gasteiger partial charge on any atom is -0.476 e. The van der Waals surface area contributed by atoms with Crippen molar-refractivity contribution in [1.82, 2.24) is 4.98 Å². The lowest BCUT2D eigenvalue weighted by Gasteiger charge is -2.01. The summed E-state index contributed by atoms with van der Waals surface area (Å²) >= 11 is 1.09. The predicted molar refractivity (Wildman–Crippen MR) is 68.4 cm³/mol. The van der Waals surface area contributed by atoms with Crippen molar-refractivity contribution in [3.05, 3.63) is 11.1 Å². The SMILES string of the molecule is CCOCCO/N=C(/C(=O)O)c1csc(NC=O)n1. The Bertz CT molecular complexity index is 460. The van der Waals surface area contributed by atoms with Crippen molar-refractivity contribution in [3.63, 3.8) is 0 Å². The number of carbonyl (C=O) groups excluding carboxylic acids is 1. The number of nitrogens with one attached hydrogen (secondary N) is 1. The van der Waals surface area contributed by atoms with Gasteiger partial charge in [0.05, 0.1) is 6.61 Å². The second-order valence-electron chi connectivity index (χ2n) is 3.08. The Balaban J connectivity index is 2.67. The molecule has 0 aliphatic carbocycles. The first-order valence-electron chi connectivity index (χ1n) is 5.36. The van der Waals surface area contributed by atoms with E-state index in [0.717, 1.165) is 11.3 Å².